The van der Waals surface area contributed by atoms with Gasteiger partial charge in [0, 0.05) is 17.3 Å². The second-order valence-corrected chi connectivity index (χ2v) is 6.92. The average Bonchev–Trinajstić information content (AvgIpc) is 2.74. The summed E-state index contributed by atoms with van der Waals surface area (Å²) < 4.78 is 5.29. The molecule has 0 heterocycles. The van der Waals surface area contributed by atoms with Crippen LogP contribution in [-0.4, -0.2) is 11.9 Å². The fraction of sp³-hybridized carbons (Fsp3) is 0.120. The van der Waals surface area contributed by atoms with E-state index in [2.05, 4.69) is 31.3 Å². The molecule has 0 radical (unpaired) electrons. The highest BCUT2D eigenvalue weighted by Gasteiger charge is 2.07. The number of nitrogens with one attached hydrogen (secondary N) is 1. The van der Waals surface area contributed by atoms with Gasteiger partial charge in [-0.05, 0) is 59.5 Å². The number of carbonyl (C=O) groups excluding carboxylic acids is 2. The number of para-hydroxylation sites is 1. The van der Waals surface area contributed by atoms with E-state index in [1.165, 1.54) is 11.6 Å². The van der Waals surface area contributed by atoms with Crippen LogP contribution in [0.25, 0.3) is 6.08 Å². The molecule has 0 aromatic heterocycles. The third kappa shape index (κ3) is 5.91. The summed E-state index contributed by atoms with van der Waals surface area (Å²) in [5.74, 6) is 0.153. The highest BCUT2D eigenvalue weighted by molar-refractivity contribution is 6.04. The van der Waals surface area contributed by atoms with Gasteiger partial charge in [-0.15, -0.1) is 0 Å². The van der Waals surface area contributed by atoms with Crippen molar-refractivity contribution in [1.82, 2.24) is 0 Å². The van der Waals surface area contributed by atoms with Crippen molar-refractivity contribution in [2.24, 2.45) is 0 Å². The lowest BCUT2D eigenvalue weighted by Crippen LogP contribution is -2.11. The van der Waals surface area contributed by atoms with Crippen molar-refractivity contribution in [3.8, 4) is 5.75 Å². The van der Waals surface area contributed by atoms with E-state index in [1.54, 1.807) is 30.3 Å². The molecular weight excluding hydrogens is 362 g/mol. The molecule has 1 N–H and O–H groups in total. The van der Waals surface area contributed by atoms with Crippen LogP contribution in [0.5, 0.6) is 5.75 Å². The Hall–Kier alpha value is -3.66. The van der Waals surface area contributed by atoms with E-state index in [-0.39, 0.29) is 5.91 Å². The van der Waals surface area contributed by atoms with Gasteiger partial charge in [-0.2, -0.15) is 0 Å². The second kappa shape index (κ2) is 9.51. The van der Waals surface area contributed by atoms with Gasteiger partial charge in [0.15, 0.2) is 0 Å². The number of ether oxygens (including phenoxy) is 1. The van der Waals surface area contributed by atoms with E-state index in [1.807, 2.05) is 42.5 Å². The largest absolute Gasteiger partial charge is 0.423 e. The molecule has 0 unspecified atom stereocenters. The molecule has 4 heteroatoms. The number of esters is 1. The molecule has 0 aliphatic carbocycles. The van der Waals surface area contributed by atoms with Gasteiger partial charge in [-0.3, -0.25) is 4.79 Å². The number of hydrogen-bond acceptors (Lipinski definition) is 3. The molecule has 0 bridgehead atoms. The highest BCUT2D eigenvalue weighted by Crippen LogP contribution is 2.17. The molecule has 3 aromatic carbocycles. The van der Waals surface area contributed by atoms with Crippen LogP contribution in [0, 0.1) is 0 Å². The van der Waals surface area contributed by atoms with E-state index >= 15 is 0 Å². The van der Waals surface area contributed by atoms with Crippen molar-refractivity contribution in [2.45, 2.75) is 19.8 Å². The first-order chi connectivity index (χ1) is 14.0. The third-order valence-corrected chi connectivity index (χ3v) is 4.38. The van der Waals surface area contributed by atoms with Gasteiger partial charge < -0.3 is 10.1 Å². The molecular formula is C25H23NO3. The summed E-state index contributed by atoms with van der Waals surface area (Å²) in [6, 6.07) is 23.7. The van der Waals surface area contributed by atoms with Gasteiger partial charge in [-0.25, -0.2) is 4.79 Å². The van der Waals surface area contributed by atoms with Crippen LogP contribution < -0.4 is 10.1 Å². The van der Waals surface area contributed by atoms with Crippen molar-refractivity contribution < 1.29 is 14.3 Å². The molecule has 29 heavy (non-hydrogen) atoms. The minimum Gasteiger partial charge on any atom is -0.423 e. The molecule has 3 rings (SSSR count). The van der Waals surface area contributed by atoms with Crippen LogP contribution in [0.1, 0.15) is 41.3 Å². The SMILES string of the molecule is CC(C)c1ccc(/C=C/C(=O)Oc2ccc(C(=O)Nc3ccccc3)cc2)cc1. The van der Waals surface area contributed by atoms with E-state index in [0.29, 0.717) is 17.2 Å². The number of rotatable bonds is 6. The maximum atomic E-state index is 12.2. The van der Waals surface area contributed by atoms with E-state index < -0.39 is 5.97 Å². The molecule has 0 atom stereocenters. The van der Waals surface area contributed by atoms with Crippen molar-refractivity contribution in [1.29, 1.82) is 0 Å². The van der Waals surface area contributed by atoms with Crippen molar-refractivity contribution in [3.05, 3.63) is 102 Å². The quantitative estimate of drug-likeness (QED) is 0.337. The lowest BCUT2D eigenvalue weighted by Gasteiger charge is -2.06. The van der Waals surface area contributed by atoms with Gasteiger partial charge >= 0.3 is 5.97 Å². The predicted molar refractivity (Wildman–Crippen MR) is 116 cm³/mol. The van der Waals surface area contributed by atoms with Crippen LogP contribution in [0.3, 0.4) is 0 Å². The first-order valence-electron chi connectivity index (χ1n) is 9.47. The summed E-state index contributed by atoms with van der Waals surface area (Å²) in [5, 5.41) is 2.81. The Kier molecular flexibility index (Phi) is 6.59. The molecule has 0 aliphatic heterocycles. The Labute approximate surface area is 170 Å². The van der Waals surface area contributed by atoms with Crippen LogP contribution in [-0.2, 0) is 4.79 Å². The monoisotopic (exact) mass is 385 g/mol. The number of hydrogen-bond donors (Lipinski definition) is 1. The smallest absolute Gasteiger partial charge is 0.336 e. The van der Waals surface area contributed by atoms with Gasteiger partial charge in [0.2, 0.25) is 0 Å². The van der Waals surface area contributed by atoms with Crippen LogP contribution in [0.2, 0.25) is 0 Å². The fourth-order valence-corrected chi connectivity index (χ4v) is 2.71. The Balaban J connectivity index is 1.56. The van der Waals surface area contributed by atoms with Gasteiger partial charge in [0.1, 0.15) is 5.75 Å². The maximum absolute atomic E-state index is 12.2. The van der Waals surface area contributed by atoms with Crippen LogP contribution >= 0.6 is 0 Å². The zero-order chi connectivity index (χ0) is 20.6. The summed E-state index contributed by atoms with van der Waals surface area (Å²) in [7, 11) is 0. The first kappa shape index (κ1) is 20.1. The normalized spacial score (nSPS) is 10.9. The van der Waals surface area contributed by atoms with Crippen LogP contribution in [0.15, 0.2) is 84.9 Å². The standard InChI is InChI=1S/C25H23NO3/c1-18(2)20-11-8-19(9-12-20)10-17-24(27)29-23-15-13-21(14-16-23)25(28)26-22-6-4-3-5-7-22/h3-18H,1-2H3,(H,26,28)/b17-10+. The predicted octanol–water partition coefficient (Wildman–Crippen LogP) is 5.68. The van der Waals surface area contributed by atoms with E-state index in [9.17, 15) is 9.59 Å². The fourth-order valence-electron chi connectivity index (χ4n) is 2.71. The van der Waals surface area contributed by atoms with E-state index in [0.717, 1.165) is 11.3 Å². The zero-order valence-electron chi connectivity index (χ0n) is 16.5. The number of carbonyl (C=O) groups is 2. The Bertz CT molecular complexity index is 989. The van der Waals surface area contributed by atoms with Crippen LogP contribution in [0.4, 0.5) is 5.69 Å². The maximum Gasteiger partial charge on any atom is 0.336 e. The molecule has 146 valence electrons. The summed E-state index contributed by atoms with van der Waals surface area (Å²) in [6.07, 6.45) is 3.11. The van der Waals surface area contributed by atoms with Gasteiger partial charge in [0.05, 0.1) is 0 Å². The number of anilines is 1. The van der Waals surface area contributed by atoms with E-state index in [4.69, 9.17) is 4.74 Å². The Morgan fingerprint density at radius 3 is 2.14 bits per heavy atom. The Morgan fingerprint density at radius 1 is 0.862 bits per heavy atom. The third-order valence-electron chi connectivity index (χ3n) is 4.38. The highest BCUT2D eigenvalue weighted by atomic mass is 16.5. The van der Waals surface area contributed by atoms with Crippen molar-refractivity contribution in [2.75, 3.05) is 5.32 Å². The molecule has 0 aliphatic rings. The second-order valence-electron chi connectivity index (χ2n) is 6.92. The summed E-state index contributed by atoms with van der Waals surface area (Å²) >= 11 is 0. The summed E-state index contributed by atoms with van der Waals surface area (Å²) in [4.78, 5) is 24.3. The first-order valence-corrected chi connectivity index (χ1v) is 9.47. The lowest BCUT2D eigenvalue weighted by molar-refractivity contribution is -0.128. The molecule has 0 spiro atoms. The molecule has 0 saturated heterocycles. The Morgan fingerprint density at radius 2 is 1.52 bits per heavy atom. The van der Waals surface area contributed by atoms with Crippen molar-refractivity contribution >= 4 is 23.6 Å². The topological polar surface area (TPSA) is 55.4 Å². The summed E-state index contributed by atoms with van der Waals surface area (Å²) in [6.45, 7) is 4.28. The number of benzene rings is 3. The molecule has 3 aromatic rings. The minimum atomic E-state index is -0.473. The average molecular weight is 385 g/mol. The molecule has 0 saturated carbocycles. The van der Waals surface area contributed by atoms with Gasteiger partial charge in [0.25, 0.3) is 5.91 Å². The summed E-state index contributed by atoms with van der Waals surface area (Å²) in [5.41, 5.74) is 3.38. The lowest BCUT2D eigenvalue weighted by atomic mass is 10.0. The van der Waals surface area contributed by atoms with Gasteiger partial charge in [-0.1, -0.05) is 56.3 Å². The van der Waals surface area contributed by atoms with Crippen molar-refractivity contribution in [3.63, 3.8) is 0 Å². The molecule has 4 nitrogen and oxygen atoms in total. The minimum absolute atomic E-state index is 0.223. The number of amides is 1. The molecule has 0 fully saturated rings. The molecule has 1 amide bonds. The zero-order valence-corrected chi connectivity index (χ0v) is 16.5.